The SMILES string of the molecule is CCCn1c(CCC(=O)NCC(=O)NC(C)(C)C)nc2cc(S(=O)(=O)N3CCCC3)ccc21. The average Bonchev–Trinajstić information content (AvgIpc) is 3.38. The fourth-order valence-electron chi connectivity index (χ4n) is 4.02. The number of amides is 2. The van der Waals surface area contributed by atoms with Crippen LogP contribution in [0.25, 0.3) is 11.0 Å². The Labute approximate surface area is 196 Å². The second-order valence-corrected chi connectivity index (χ2v) is 11.5. The summed E-state index contributed by atoms with van der Waals surface area (Å²) in [6.07, 6.45) is 3.24. The minimum Gasteiger partial charge on any atom is -0.350 e. The Morgan fingerprint density at radius 3 is 2.45 bits per heavy atom. The first-order chi connectivity index (χ1) is 15.5. The Balaban J connectivity index is 1.72. The van der Waals surface area contributed by atoms with Gasteiger partial charge in [-0.3, -0.25) is 9.59 Å². The number of benzene rings is 1. The molecule has 0 atom stereocenters. The molecule has 1 aromatic heterocycles. The Morgan fingerprint density at radius 2 is 1.82 bits per heavy atom. The molecule has 1 aliphatic rings. The van der Waals surface area contributed by atoms with Crippen LogP contribution in [0.5, 0.6) is 0 Å². The number of carbonyl (C=O) groups is 2. The van der Waals surface area contributed by atoms with Crippen LogP contribution in [-0.2, 0) is 32.6 Å². The number of fused-ring (bicyclic) bond motifs is 1. The molecular weight excluding hydrogens is 442 g/mol. The van der Waals surface area contributed by atoms with Crippen LogP contribution in [0.4, 0.5) is 0 Å². The van der Waals surface area contributed by atoms with Gasteiger partial charge in [0.25, 0.3) is 0 Å². The number of hydrogen-bond acceptors (Lipinski definition) is 5. The van der Waals surface area contributed by atoms with E-state index in [9.17, 15) is 18.0 Å². The highest BCUT2D eigenvalue weighted by Crippen LogP contribution is 2.25. The monoisotopic (exact) mass is 477 g/mol. The molecule has 0 bridgehead atoms. The first-order valence-corrected chi connectivity index (χ1v) is 13.0. The van der Waals surface area contributed by atoms with Gasteiger partial charge in [-0.1, -0.05) is 6.92 Å². The number of rotatable bonds is 9. The number of aromatic nitrogens is 2. The van der Waals surface area contributed by atoms with E-state index >= 15 is 0 Å². The summed E-state index contributed by atoms with van der Waals surface area (Å²) in [5, 5.41) is 5.45. The predicted molar refractivity (Wildman–Crippen MR) is 127 cm³/mol. The number of aryl methyl sites for hydroxylation is 2. The second-order valence-electron chi connectivity index (χ2n) is 9.52. The van der Waals surface area contributed by atoms with E-state index in [2.05, 4.69) is 22.5 Å². The van der Waals surface area contributed by atoms with Gasteiger partial charge in [0.1, 0.15) is 5.82 Å². The van der Waals surface area contributed by atoms with Crippen LogP contribution in [0.1, 0.15) is 59.2 Å². The molecule has 2 aromatic rings. The standard InChI is InChI=1S/C23H35N5O4S/c1-5-12-28-19-9-8-17(33(31,32)27-13-6-7-14-27)15-18(19)25-20(28)10-11-21(29)24-16-22(30)26-23(2,3)4/h8-9,15H,5-7,10-14,16H2,1-4H3,(H,24,29)(H,26,30). The third-order valence-corrected chi connectivity index (χ3v) is 7.38. The lowest BCUT2D eigenvalue weighted by atomic mass is 10.1. The quantitative estimate of drug-likeness (QED) is 0.575. The largest absolute Gasteiger partial charge is 0.350 e. The highest BCUT2D eigenvalue weighted by Gasteiger charge is 2.28. The topological polar surface area (TPSA) is 113 Å². The van der Waals surface area contributed by atoms with Crippen molar-refractivity contribution in [2.75, 3.05) is 19.6 Å². The van der Waals surface area contributed by atoms with E-state index in [0.717, 1.165) is 37.1 Å². The minimum atomic E-state index is -3.52. The molecule has 1 saturated heterocycles. The number of imidazole rings is 1. The zero-order valence-corrected chi connectivity index (χ0v) is 20.8. The van der Waals surface area contributed by atoms with Crippen LogP contribution >= 0.6 is 0 Å². The molecule has 0 unspecified atom stereocenters. The smallest absolute Gasteiger partial charge is 0.243 e. The molecule has 0 radical (unpaired) electrons. The number of carbonyl (C=O) groups excluding carboxylic acids is 2. The van der Waals surface area contributed by atoms with Crippen LogP contribution in [0.15, 0.2) is 23.1 Å². The fourth-order valence-corrected chi connectivity index (χ4v) is 5.55. The van der Waals surface area contributed by atoms with Crippen LogP contribution in [0.2, 0.25) is 0 Å². The van der Waals surface area contributed by atoms with Crippen molar-refractivity contribution in [3.05, 3.63) is 24.0 Å². The molecule has 2 heterocycles. The van der Waals surface area contributed by atoms with Gasteiger partial charge >= 0.3 is 0 Å². The van der Waals surface area contributed by atoms with Crippen LogP contribution in [0, 0.1) is 0 Å². The van der Waals surface area contributed by atoms with Crippen LogP contribution < -0.4 is 10.6 Å². The summed E-state index contributed by atoms with van der Waals surface area (Å²) in [5.74, 6) is 0.268. The van der Waals surface area contributed by atoms with E-state index in [1.165, 1.54) is 4.31 Å². The van der Waals surface area contributed by atoms with Crippen molar-refractivity contribution in [3.63, 3.8) is 0 Å². The van der Waals surface area contributed by atoms with E-state index in [4.69, 9.17) is 0 Å². The maximum absolute atomic E-state index is 12.9. The molecule has 0 aliphatic carbocycles. The van der Waals surface area contributed by atoms with Crippen LogP contribution in [0.3, 0.4) is 0 Å². The van der Waals surface area contributed by atoms with E-state index in [1.54, 1.807) is 18.2 Å². The van der Waals surface area contributed by atoms with E-state index in [-0.39, 0.29) is 35.2 Å². The van der Waals surface area contributed by atoms with E-state index < -0.39 is 10.0 Å². The van der Waals surface area contributed by atoms with Crippen molar-refractivity contribution in [3.8, 4) is 0 Å². The maximum atomic E-state index is 12.9. The third kappa shape index (κ3) is 6.32. The molecule has 0 saturated carbocycles. The van der Waals surface area contributed by atoms with Crippen molar-refractivity contribution in [1.29, 1.82) is 0 Å². The van der Waals surface area contributed by atoms with Crippen molar-refractivity contribution >= 4 is 32.9 Å². The molecule has 1 aromatic carbocycles. The Kier molecular flexibility index (Phi) is 7.79. The number of hydrogen-bond donors (Lipinski definition) is 2. The van der Waals surface area contributed by atoms with Gasteiger partial charge in [0.05, 0.1) is 22.5 Å². The molecule has 0 spiro atoms. The summed E-state index contributed by atoms with van der Waals surface area (Å²) in [5.41, 5.74) is 1.12. The maximum Gasteiger partial charge on any atom is 0.243 e. The number of sulfonamides is 1. The van der Waals surface area contributed by atoms with Crippen molar-refractivity contribution in [2.45, 2.75) is 76.8 Å². The molecule has 1 fully saturated rings. The zero-order chi connectivity index (χ0) is 24.2. The lowest BCUT2D eigenvalue weighted by Crippen LogP contribution is -2.45. The first kappa shape index (κ1) is 25.2. The number of nitrogens with one attached hydrogen (secondary N) is 2. The van der Waals surface area contributed by atoms with Crippen LogP contribution in [-0.4, -0.2) is 59.3 Å². The highest BCUT2D eigenvalue weighted by atomic mass is 32.2. The summed E-state index contributed by atoms with van der Waals surface area (Å²) >= 11 is 0. The molecule has 33 heavy (non-hydrogen) atoms. The molecule has 2 amide bonds. The molecule has 182 valence electrons. The Morgan fingerprint density at radius 1 is 1.12 bits per heavy atom. The second kappa shape index (κ2) is 10.2. The molecule has 2 N–H and O–H groups in total. The molecule has 9 nitrogen and oxygen atoms in total. The van der Waals surface area contributed by atoms with Gasteiger partial charge in [0, 0.05) is 38.0 Å². The lowest BCUT2D eigenvalue weighted by Gasteiger charge is -2.20. The normalized spacial score (nSPS) is 15.2. The van der Waals surface area contributed by atoms with E-state index in [0.29, 0.717) is 25.0 Å². The highest BCUT2D eigenvalue weighted by molar-refractivity contribution is 7.89. The molecular formula is C23H35N5O4S. The summed E-state index contributed by atoms with van der Waals surface area (Å²) in [4.78, 5) is 29.1. The van der Waals surface area contributed by atoms with Crippen molar-refractivity contribution < 1.29 is 18.0 Å². The van der Waals surface area contributed by atoms with Gasteiger partial charge in [0.2, 0.25) is 21.8 Å². The van der Waals surface area contributed by atoms with Gasteiger partial charge in [-0.2, -0.15) is 4.31 Å². The molecule has 10 heteroatoms. The van der Waals surface area contributed by atoms with Gasteiger partial charge in [-0.25, -0.2) is 13.4 Å². The minimum absolute atomic E-state index is 0.0702. The van der Waals surface area contributed by atoms with Gasteiger partial charge in [0.15, 0.2) is 0 Å². The summed E-state index contributed by atoms with van der Waals surface area (Å²) in [6, 6.07) is 5.09. The van der Waals surface area contributed by atoms with Crippen molar-refractivity contribution in [1.82, 2.24) is 24.5 Å². The summed E-state index contributed by atoms with van der Waals surface area (Å²) < 4.78 is 29.4. The zero-order valence-electron chi connectivity index (χ0n) is 20.0. The van der Waals surface area contributed by atoms with Gasteiger partial charge in [-0.05, 0) is 58.2 Å². The Bertz CT molecular complexity index is 1110. The third-order valence-electron chi connectivity index (χ3n) is 5.48. The lowest BCUT2D eigenvalue weighted by molar-refractivity contribution is -0.126. The summed E-state index contributed by atoms with van der Waals surface area (Å²) in [6.45, 7) is 9.46. The van der Waals surface area contributed by atoms with Gasteiger partial charge < -0.3 is 15.2 Å². The fraction of sp³-hybridized carbons (Fsp3) is 0.609. The number of nitrogens with zero attached hydrogens (tertiary/aromatic N) is 3. The summed E-state index contributed by atoms with van der Waals surface area (Å²) in [7, 11) is -3.52. The average molecular weight is 478 g/mol. The molecule has 1 aliphatic heterocycles. The van der Waals surface area contributed by atoms with E-state index in [1.807, 2.05) is 25.3 Å². The first-order valence-electron chi connectivity index (χ1n) is 11.6. The Hall–Kier alpha value is -2.46. The molecule has 3 rings (SSSR count). The predicted octanol–water partition coefficient (Wildman–Crippen LogP) is 2.19. The van der Waals surface area contributed by atoms with Gasteiger partial charge in [-0.15, -0.1) is 0 Å². The van der Waals surface area contributed by atoms with Crippen molar-refractivity contribution in [2.24, 2.45) is 0 Å².